The molecule has 0 spiro atoms. The van der Waals surface area contributed by atoms with Gasteiger partial charge in [-0.2, -0.15) is 0 Å². The van der Waals surface area contributed by atoms with Crippen LogP contribution < -0.4 is 20.5 Å². The Morgan fingerprint density at radius 3 is 2.55 bits per heavy atom. The summed E-state index contributed by atoms with van der Waals surface area (Å²) in [7, 11) is -1.95. The largest absolute Gasteiger partial charge is 0.497 e. The van der Waals surface area contributed by atoms with E-state index in [1.807, 2.05) is 24.3 Å². The van der Waals surface area contributed by atoms with Crippen molar-refractivity contribution in [2.45, 2.75) is 30.4 Å². The zero-order valence-corrected chi connectivity index (χ0v) is 17.1. The number of benzene rings is 2. The van der Waals surface area contributed by atoms with E-state index in [2.05, 4.69) is 15.0 Å². The summed E-state index contributed by atoms with van der Waals surface area (Å²) in [5, 5.41) is 3.00. The highest BCUT2D eigenvalue weighted by molar-refractivity contribution is 7.89. The number of guanidine groups is 1. The van der Waals surface area contributed by atoms with Gasteiger partial charge < -0.3 is 20.5 Å². The van der Waals surface area contributed by atoms with Crippen molar-refractivity contribution >= 4 is 21.7 Å². The molecule has 0 aliphatic carbocycles. The Kier molecular flexibility index (Phi) is 7.08. The maximum absolute atomic E-state index is 12.4. The van der Waals surface area contributed by atoms with Gasteiger partial charge in [-0.15, -0.1) is 0 Å². The van der Waals surface area contributed by atoms with Gasteiger partial charge in [-0.1, -0.05) is 12.1 Å². The van der Waals surface area contributed by atoms with E-state index in [-0.39, 0.29) is 17.0 Å². The first kappa shape index (κ1) is 21.1. The van der Waals surface area contributed by atoms with Crippen LogP contribution in [0, 0.1) is 0 Å². The van der Waals surface area contributed by atoms with E-state index in [4.69, 9.17) is 15.2 Å². The molecule has 8 nitrogen and oxygen atoms in total. The SMILES string of the molecule is COc1ccc(NC(N)=NCc2ccc(S(=O)(=O)NCC3CCCO3)cc2)cc1. The second-order valence-corrected chi connectivity index (χ2v) is 8.45. The number of methoxy groups -OCH3 is 1. The van der Waals surface area contributed by atoms with Gasteiger partial charge >= 0.3 is 0 Å². The number of rotatable bonds is 8. The topological polar surface area (TPSA) is 115 Å². The van der Waals surface area contributed by atoms with Gasteiger partial charge in [0.2, 0.25) is 10.0 Å². The van der Waals surface area contributed by atoms with Crippen LogP contribution in [0.25, 0.3) is 0 Å². The lowest BCUT2D eigenvalue weighted by Crippen LogP contribution is -2.31. The summed E-state index contributed by atoms with van der Waals surface area (Å²) in [6.07, 6.45) is 1.81. The third-order valence-corrected chi connectivity index (χ3v) is 5.99. The van der Waals surface area contributed by atoms with Gasteiger partial charge in [-0.3, -0.25) is 0 Å². The van der Waals surface area contributed by atoms with Crippen LogP contribution in [0.5, 0.6) is 5.75 Å². The number of nitrogens with two attached hydrogens (primary N) is 1. The summed E-state index contributed by atoms with van der Waals surface area (Å²) in [5.74, 6) is 1.02. The van der Waals surface area contributed by atoms with Crippen molar-refractivity contribution < 1.29 is 17.9 Å². The third kappa shape index (κ3) is 6.18. The number of nitrogens with one attached hydrogen (secondary N) is 2. The normalized spacial score (nSPS) is 17.3. The van der Waals surface area contributed by atoms with Crippen molar-refractivity contribution in [3.63, 3.8) is 0 Å². The molecule has 0 aromatic heterocycles. The first-order valence-corrected chi connectivity index (χ1v) is 10.9. The summed E-state index contributed by atoms with van der Waals surface area (Å²) < 4.78 is 37.9. The molecule has 1 fully saturated rings. The molecular weight excluding hydrogens is 392 g/mol. The first-order chi connectivity index (χ1) is 14.0. The van der Waals surface area contributed by atoms with Crippen molar-refractivity contribution in [1.29, 1.82) is 0 Å². The fraction of sp³-hybridized carbons (Fsp3) is 0.350. The molecule has 0 saturated carbocycles. The molecule has 1 unspecified atom stereocenters. The van der Waals surface area contributed by atoms with Crippen LogP contribution >= 0.6 is 0 Å². The van der Waals surface area contributed by atoms with Gasteiger partial charge in [-0.05, 0) is 54.8 Å². The van der Waals surface area contributed by atoms with Gasteiger partial charge in [0.15, 0.2) is 5.96 Å². The van der Waals surface area contributed by atoms with Gasteiger partial charge in [0.1, 0.15) is 5.75 Å². The molecule has 2 aromatic carbocycles. The highest BCUT2D eigenvalue weighted by Gasteiger charge is 2.20. The average Bonchev–Trinajstić information content (AvgIpc) is 3.25. The molecule has 1 heterocycles. The van der Waals surface area contributed by atoms with Crippen molar-refractivity contribution in [3.05, 3.63) is 54.1 Å². The number of sulfonamides is 1. The van der Waals surface area contributed by atoms with Crippen molar-refractivity contribution in [2.75, 3.05) is 25.6 Å². The summed E-state index contributed by atoms with van der Waals surface area (Å²) in [6.45, 7) is 1.32. The van der Waals surface area contributed by atoms with Gasteiger partial charge in [-0.25, -0.2) is 18.1 Å². The van der Waals surface area contributed by atoms with Gasteiger partial charge in [0.05, 0.1) is 24.7 Å². The second-order valence-electron chi connectivity index (χ2n) is 6.69. The number of nitrogens with zero attached hydrogens (tertiary/aromatic N) is 1. The van der Waals surface area contributed by atoms with E-state index in [1.165, 1.54) is 0 Å². The molecule has 0 bridgehead atoms. The maximum Gasteiger partial charge on any atom is 0.240 e. The van der Waals surface area contributed by atoms with E-state index >= 15 is 0 Å². The lowest BCUT2D eigenvalue weighted by Gasteiger charge is -2.11. The average molecular weight is 419 g/mol. The summed E-state index contributed by atoms with van der Waals surface area (Å²) in [6, 6.07) is 13.9. The second kappa shape index (κ2) is 9.73. The van der Waals surface area contributed by atoms with Gasteiger partial charge in [0.25, 0.3) is 0 Å². The van der Waals surface area contributed by atoms with Crippen LogP contribution in [0.2, 0.25) is 0 Å². The Bertz CT molecular complexity index is 922. The predicted molar refractivity (Wildman–Crippen MR) is 113 cm³/mol. The molecule has 1 atom stereocenters. The number of ether oxygens (including phenoxy) is 2. The monoisotopic (exact) mass is 418 g/mol. The van der Waals surface area contributed by atoms with Crippen LogP contribution in [0.1, 0.15) is 18.4 Å². The highest BCUT2D eigenvalue weighted by Crippen LogP contribution is 2.16. The molecule has 0 radical (unpaired) electrons. The van der Waals surface area contributed by atoms with E-state index in [0.29, 0.717) is 19.7 Å². The lowest BCUT2D eigenvalue weighted by atomic mass is 10.2. The Morgan fingerprint density at radius 1 is 1.21 bits per heavy atom. The van der Waals surface area contributed by atoms with Crippen molar-refractivity contribution in [1.82, 2.24) is 4.72 Å². The third-order valence-electron chi connectivity index (χ3n) is 4.55. The Hall–Kier alpha value is -2.62. The standard InChI is InChI=1S/C20H26N4O4S/c1-27-17-8-6-16(7-9-17)24-20(21)22-13-15-4-10-19(11-5-15)29(25,26)23-14-18-3-2-12-28-18/h4-11,18,23H,2-3,12-14H2,1H3,(H3,21,22,24). The molecule has 1 aliphatic rings. The lowest BCUT2D eigenvalue weighted by molar-refractivity contribution is 0.114. The Balaban J connectivity index is 1.54. The minimum absolute atomic E-state index is 0.0421. The molecule has 29 heavy (non-hydrogen) atoms. The number of hydrogen-bond donors (Lipinski definition) is 3. The highest BCUT2D eigenvalue weighted by atomic mass is 32.2. The Morgan fingerprint density at radius 2 is 1.93 bits per heavy atom. The smallest absolute Gasteiger partial charge is 0.240 e. The first-order valence-electron chi connectivity index (χ1n) is 9.37. The molecule has 9 heteroatoms. The number of aliphatic imine (C=N–C) groups is 1. The van der Waals surface area contributed by atoms with Crippen LogP contribution in [0.15, 0.2) is 58.4 Å². The Labute approximate surface area is 171 Å². The van der Waals surface area contributed by atoms with Crippen LogP contribution in [-0.2, 0) is 21.3 Å². The van der Waals surface area contributed by atoms with Crippen LogP contribution in [0.3, 0.4) is 0 Å². The zero-order chi connectivity index (χ0) is 20.7. The number of hydrogen-bond acceptors (Lipinski definition) is 5. The summed E-state index contributed by atoms with van der Waals surface area (Å²) >= 11 is 0. The number of anilines is 1. The molecule has 3 rings (SSSR count). The molecule has 156 valence electrons. The minimum Gasteiger partial charge on any atom is -0.497 e. The van der Waals surface area contributed by atoms with E-state index in [1.54, 1.807) is 31.4 Å². The van der Waals surface area contributed by atoms with E-state index in [9.17, 15) is 8.42 Å². The van der Waals surface area contributed by atoms with Crippen LogP contribution in [0.4, 0.5) is 5.69 Å². The molecular formula is C20H26N4O4S. The fourth-order valence-electron chi connectivity index (χ4n) is 2.90. The van der Waals surface area contributed by atoms with Crippen LogP contribution in [-0.4, -0.2) is 40.7 Å². The van der Waals surface area contributed by atoms with Crippen molar-refractivity contribution in [2.24, 2.45) is 10.7 Å². The maximum atomic E-state index is 12.4. The molecule has 0 amide bonds. The zero-order valence-electron chi connectivity index (χ0n) is 16.3. The minimum atomic E-state index is -3.56. The molecule has 1 saturated heterocycles. The fourth-order valence-corrected chi connectivity index (χ4v) is 3.97. The van der Waals surface area contributed by atoms with Crippen molar-refractivity contribution in [3.8, 4) is 5.75 Å². The predicted octanol–water partition coefficient (Wildman–Crippen LogP) is 2.08. The molecule has 4 N–H and O–H groups in total. The summed E-state index contributed by atoms with van der Waals surface area (Å²) in [4.78, 5) is 4.50. The molecule has 2 aromatic rings. The van der Waals surface area contributed by atoms with Gasteiger partial charge in [0, 0.05) is 18.8 Å². The van der Waals surface area contributed by atoms with E-state index in [0.717, 1.165) is 29.8 Å². The molecule has 1 aliphatic heterocycles. The van der Waals surface area contributed by atoms with E-state index < -0.39 is 10.0 Å². The quantitative estimate of drug-likeness (QED) is 0.447. The summed E-state index contributed by atoms with van der Waals surface area (Å²) in [5.41, 5.74) is 7.56.